The second kappa shape index (κ2) is 27.3. The summed E-state index contributed by atoms with van der Waals surface area (Å²) >= 11 is 0. The number of allylic oxidation sites excluding steroid dienone is 1. The number of rotatable bonds is 27. The Morgan fingerprint density at radius 3 is 1.42 bits per heavy atom. The van der Waals surface area contributed by atoms with E-state index in [0.29, 0.717) is 12.6 Å². The average molecular weight is 471 g/mol. The Bertz CT molecular complexity index is 408. The SMILES string of the molecule is CCCCCCCCCOC(CCC)=C(OCCCCCCCCC)OCOCCCCC. The Kier molecular flexibility index (Phi) is 26.6. The Morgan fingerprint density at radius 2 is 0.879 bits per heavy atom. The standard InChI is InChI=1S/C29H58O4/c1-5-9-12-14-16-18-21-25-31-28(23-8-4)29(33-27-30-24-20-11-7-3)32-26-22-19-17-15-13-10-6-2/h5-27H2,1-4H3. The van der Waals surface area contributed by atoms with Gasteiger partial charge in [0.15, 0.2) is 12.6 Å². The van der Waals surface area contributed by atoms with Crippen LogP contribution >= 0.6 is 0 Å². The van der Waals surface area contributed by atoms with Gasteiger partial charge in [0.25, 0.3) is 0 Å². The van der Waals surface area contributed by atoms with Crippen molar-refractivity contribution < 1.29 is 18.9 Å². The molecule has 0 aliphatic heterocycles. The van der Waals surface area contributed by atoms with E-state index in [1.807, 2.05) is 0 Å². The largest absolute Gasteiger partial charge is 0.491 e. The first-order chi connectivity index (χ1) is 16.3. The third-order valence-electron chi connectivity index (χ3n) is 5.88. The minimum Gasteiger partial charge on any atom is -0.491 e. The van der Waals surface area contributed by atoms with Crippen molar-refractivity contribution in [3.05, 3.63) is 11.7 Å². The molecule has 0 amide bonds. The average Bonchev–Trinajstić information content (AvgIpc) is 2.82. The van der Waals surface area contributed by atoms with Gasteiger partial charge in [-0.1, -0.05) is 118 Å². The number of unbranched alkanes of at least 4 members (excludes halogenated alkanes) is 14. The molecule has 0 bridgehead atoms. The first-order valence-electron chi connectivity index (χ1n) is 14.5. The second-order valence-corrected chi connectivity index (χ2v) is 9.28. The fraction of sp³-hybridized carbons (Fsp3) is 0.931. The van der Waals surface area contributed by atoms with E-state index in [1.54, 1.807) is 0 Å². The van der Waals surface area contributed by atoms with Gasteiger partial charge in [-0.25, -0.2) is 0 Å². The van der Waals surface area contributed by atoms with Crippen LogP contribution in [0.5, 0.6) is 0 Å². The maximum Gasteiger partial charge on any atom is 0.321 e. The van der Waals surface area contributed by atoms with Crippen LogP contribution < -0.4 is 0 Å². The first kappa shape index (κ1) is 32.1. The maximum absolute atomic E-state index is 6.16. The van der Waals surface area contributed by atoms with Gasteiger partial charge in [-0.3, -0.25) is 0 Å². The molecule has 0 aromatic rings. The smallest absolute Gasteiger partial charge is 0.321 e. The van der Waals surface area contributed by atoms with Gasteiger partial charge in [0.2, 0.25) is 0 Å². The summed E-state index contributed by atoms with van der Waals surface area (Å²) in [6, 6.07) is 0. The fourth-order valence-electron chi connectivity index (χ4n) is 3.75. The summed E-state index contributed by atoms with van der Waals surface area (Å²) in [5.41, 5.74) is 0. The lowest BCUT2D eigenvalue weighted by molar-refractivity contribution is -0.0845. The van der Waals surface area contributed by atoms with Gasteiger partial charge in [0.1, 0.15) is 0 Å². The Balaban J connectivity index is 4.47. The van der Waals surface area contributed by atoms with Crippen molar-refractivity contribution in [2.45, 2.75) is 150 Å². The molecule has 0 aromatic carbocycles. The molecule has 0 unspecified atom stereocenters. The maximum atomic E-state index is 6.16. The van der Waals surface area contributed by atoms with Crippen LogP contribution in [-0.2, 0) is 18.9 Å². The van der Waals surface area contributed by atoms with Crippen LogP contribution in [-0.4, -0.2) is 26.6 Å². The van der Waals surface area contributed by atoms with Gasteiger partial charge in [-0.15, -0.1) is 0 Å². The minimum atomic E-state index is 0.240. The fourth-order valence-corrected chi connectivity index (χ4v) is 3.75. The van der Waals surface area contributed by atoms with E-state index < -0.39 is 0 Å². The Morgan fingerprint density at radius 1 is 0.424 bits per heavy atom. The van der Waals surface area contributed by atoms with Gasteiger partial charge in [0.05, 0.1) is 19.8 Å². The molecule has 4 nitrogen and oxygen atoms in total. The van der Waals surface area contributed by atoms with E-state index in [1.165, 1.54) is 89.9 Å². The molecule has 0 rings (SSSR count). The molecule has 0 spiro atoms. The van der Waals surface area contributed by atoms with Crippen molar-refractivity contribution in [3.63, 3.8) is 0 Å². The summed E-state index contributed by atoms with van der Waals surface area (Å²) in [4.78, 5) is 0. The van der Waals surface area contributed by atoms with Gasteiger partial charge in [0, 0.05) is 6.42 Å². The van der Waals surface area contributed by atoms with Crippen molar-refractivity contribution in [1.29, 1.82) is 0 Å². The van der Waals surface area contributed by atoms with Gasteiger partial charge in [-0.2, -0.15) is 0 Å². The van der Waals surface area contributed by atoms with Crippen molar-refractivity contribution in [2.24, 2.45) is 0 Å². The third-order valence-corrected chi connectivity index (χ3v) is 5.88. The monoisotopic (exact) mass is 470 g/mol. The topological polar surface area (TPSA) is 36.9 Å². The normalized spacial score (nSPS) is 12.0. The second-order valence-electron chi connectivity index (χ2n) is 9.28. The number of hydrogen-bond acceptors (Lipinski definition) is 4. The summed E-state index contributed by atoms with van der Waals surface area (Å²) in [5.74, 6) is 1.42. The van der Waals surface area contributed by atoms with Crippen molar-refractivity contribution >= 4 is 0 Å². The summed E-state index contributed by atoms with van der Waals surface area (Å²) in [7, 11) is 0. The predicted molar refractivity (Wildman–Crippen MR) is 141 cm³/mol. The zero-order valence-corrected chi connectivity index (χ0v) is 22.9. The quantitative estimate of drug-likeness (QED) is 0.0680. The first-order valence-corrected chi connectivity index (χ1v) is 14.5. The highest BCUT2D eigenvalue weighted by Gasteiger charge is 2.12. The van der Waals surface area contributed by atoms with Gasteiger partial charge < -0.3 is 18.9 Å². The molecule has 0 N–H and O–H groups in total. The molecular weight excluding hydrogens is 412 g/mol. The molecule has 0 heterocycles. The molecule has 0 atom stereocenters. The van der Waals surface area contributed by atoms with Crippen LogP contribution in [0.15, 0.2) is 11.7 Å². The Hall–Kier alpha value is -0.900. The summed E-state index contributed by atoms with van der Waals surface area (Å²) in [5, 5.41) is 0. The van der Waals surface area contributed by atoms with Crippen molar-refractivity contribution in [1.82, 2.24) is 0 Å². The molecule has 0 saturated carbocycles. The van der Waals surface area contributed by atoms with Crippen LogP contribution in [0.2, 0.25) is 0 Å². The lowest BCUT2D eigenvalue weighted by Gasteiger charge is -2.17. The lowest BCUT2D eigenvalue weighted by atomic mass is 10.1. The molecule has 0 saturated heterocycles. The zero-order chi connectivity index (χ0) is 24.2. The molecule has 33 heavy (non-hydrogen) atoms. The highest BCUT2D eigenvalue weighted by molar-refractivity contribution is 4.95. The van der Waals surface area contributed by atoms with E-state index in [-0.39, 0.29) is 6.79 Å². The summed E-state index contributed by atoms with van der Waals surface area (Å²) in [6.45, 7) is 11.3. The summed E-state index contributed by atoms with van der Waals surface area (Å²) < 4.78 is 23.9. The highest BCUT2D eigenvalue weighted by atomic mass is 16.7. The van der Waals surface area contributed by atoms with E-state index in [2.05, 4.69) is 27.7 Å². The summed E-state index contributed by atoms with van der Waals surface area (Å²) in [6.07, 6.45) is 23.2. The van der Waals surface area contributed by atoms with Crippen LogP contribution in [0, 0.1) is 0 Å². The third kappa shape index (κ3) is 22.6. The number of hydrogen-bond donors (Lipinski definition) is 0. The molecule has 4 heteroatoms. The van der Waals surface area contributed by atoms with Crippen LogP contribution in [0.25, 0.3) is 0 Å². The molecule has 0 aromatic heterocycles. The highest BCUT2D eigenvalue weighted by Crippen LogP contribution is 2.18. The van der Waals surface area contributed by atoms with Gasteiger partial charge in [-0.05, 0) is 25.7 Å². The molecule has 0 fully saturated rings. The predicted octanol–water partition coefficient (Wildman–Crippen LogP) is 9.67. The van der Waals surface area contributed by atoms with Crippen LogP contribution in [0.4, 0.5) is 0 Å². The molecule has 0 aliphatic carbocycles. The lowest BCUT2D eigenvalue weighted by Crippen LogP contribution is -2.10. The molecule has 198 valence electrons. The molecule has 0 aliphatic rings. The van der Waals surface area contributed by atoms with Crippen LogP contribution in [0.1, 0.15) is 150 Å². The minimum absolute atomic E-state index is 0.240. The Labute approximate surface area is 207 Å². The van der Waals surface area contributed by atoms with E-state index in [0.717, 1.165) is 51.1 Å². The van der Waals surface area contributed by atoms with E-state index in [4.69, 9.17) is 18.9 Å². The van der Waals surface area contributed by atoms with Crippen molar-refractivity contribution in [3.8, 4) is 0 Å². The van der Waals surface area contributed by atoms with Crippen LogP contribution in [0.3, 0.4) is 0 Å². The van der Waals surface area contributed by atoms with Crippen molar-refractivity contribution in [2.75, 3.05) is 26.6 Å². The molecular formula is C29H58O4. The van der Waals surface area contributed by atoms with E-state index in [9.17, 15) is 0 Å². The molecule has 0 radical (unpaired) electrons. The zero-order valence-electron chi connectivity index (χ0n) is 22.9. The number of ether oxygens (including phenoxy) is 4. The van der Waals surface area contributed by atoms with Gasteiger partial charge >= 0.3 is 5.95 Å². The van der Waals surface area contributed by atoms with E-state index >= 15 is 0 Å².